The molecule has 1 saturated heterocycles. The molecule has 1 aromatic carbocycles. The Morgan fingerprint density at radius 3 is 2.90 bits per heavy atom. The van der Waals surface area contributed by atoms with Gasteiger partial charge in [0.2, 0.25) is 0 Å². The minimum Gasteiger partial charge on any atom is -0.493 e. The molecule has 2 aliphatic rings. The second-order valence-corrected chi connectivity index (χ2v) is 7.66. The Labute approximate surface area is 141 Å². The fourth-order valence-electron chi connectivity index (χ4n) is 3.32. The van der Waals surface area contributed by atoms with Gasteiger partial charge in [-0.25, -0.2) is 0 Å². The van der Waals surface area contributed by atoms with E-state index in [1.807, 2.05) is 0 Å². The van der Waals surface area contributed by atoms with Crippen LogP contribution in [0.4, 0.5) is 0 Å². The van der Waals surface area contributed by atoms with Crippen molar-refractivity contribution in [2.24, 2.45) is 11.1 Å². The molecule has 0 spiro atoms. The Morgan fingerprint density at radius 2 is 2.19 bits per heavy atom. The van der Waals surface area contributed by atoms with Gasteiger partial charge in [0.1, 0.15) is 5.75 Å². The van der Waals surface area contributed by atoms with E-state index in [1.54, 1.807) is 0 Å². The van der Waals surface area contributed by atoms with E-state index in [0.29, 0.717) is 6.04 Å². The molecule has 21 heavy (non-hydrogen) atoms. The molecule has 0 bridgehead atoms. The Kier molecular flexibility index (Phi) is 5.24. The second-order valence-electron chi connectivity index (χ2n) is 6.75. The number of ether oxygens (including phenoxy) is 1. The van der Waals surface area contributed by atoms with Crippen molar-refractivity contribution >= 4 is 28.3 Å². The molecule has 3 nitrogen and oxygen atoms in total. The van der Waals surface area contributed by atoms with E-state index in [2.05, 4.69) is 46.8 Å². The Hall–Kier alpha value is -0.290. The van der Waals surface area contributed by atoms with E-state index in [-0.39, 0.29) is 17.8 Å². The zero-order chi connectivity index (χ0) is 14.3. The first kappa shape index (κ1) is 17.1. The van der Waals surface area contributed by atoms with Crippen molar-refractivity contribution in [2.45, 2.75) is 39.3 Å². The van der Waals surface area contributed by atoms with Crippen molar-refractivity contribution < 1.29 is 4.74 Å². The van der Waals surface area contributed by atoms with E-state index in [0.717, 1.165) is 49.3 Å². The highest BCUT2D eigenvalue weighted by molar-refractivity contribution is 9.10. The lowest BCUT2D eigenvalue weighted by Gasteiger charge is -2.42. The van der Waals surface area contributed by atoms with Gasteiger partial charge in [-0.2, -0.15) is 0 Å². The predicted molar refractivity (Wildman–Crippen MR) is 92.2 cm³/mol. The highest BCUT2D eigenvalue weighted by Crippen LogP contribution is 2.35. The van der Waals surface area contributed by atoms with Gasteiger partial charge >= 0.3 is 0 Å². The fourth-order valence-corrected chi connectivity index (χ4v) is 3.88. The summed E-state index contributed by atoms with van der Waals surface area (Å²) in [7, 11) is 0. The number of fused-ring (bicyclic) bond motifs is 1. The van der Waals surface area contributed by atoms with Gasteiger partial charge in [0.15, 0.2) is 0 Å². The summed E-state index contributed by atoms with van der Waals surface area (Å²) in [5.74, 6) is 1.11. The maximum Gasteiger partial charge on any atom is 0.127 e. The van der Waals surface area contributed by atoms with Crippen LogP contribution in [0.5, 0.6) is 5.75 Å². The van der Waals surface area contributed by atoms with Crippen LogP contribution in [0.15, 0.2) is 16.6 Å². The number of hydrogen-bond acceptors (Lipinski definition) is 3. The van der Waals surface area contributed by atoms with Crippen molar-refractivity contribution in [2.75, 3.05) is 19.7 Å². The summed E-state index contributed by atoms with van der Waals surface area (Å²) in [4.78, 5) is 2.51. The molecule has 1 aromatic rings. The average molecular weight is 376 g/mol. The van der Waals surface area contributed by atoms with Crippen LogP contribution in [0.1, 0.15) is 31.4 Å². The highest BCUT2D eigenvalue weighted by Gasteiger charge is 2.33. The third-order valence-electron chi connectivity index (χ3n) is 4.61. The molecular weight excluding hydrogens is 352 g/mol. The molecule has 5 heteroatoms. The maximum absolute atomic E-state index is 6.22. The van der Waals surface area contributed by atoms with Crippen LogP contribution in [0.2, 0.25) is 0 Å². The summed E-state index contributed by atoms with van der Waals surface area (Å²) in [5, 5.41) is 0. The Bertz CT molecular complexity index is 521. The largest absolute Gasteiger partial charge is 0.493 e. The summed E-state index contributed by atoms with van der Waals surface area (Å²) in [5.41, 5.74) is 9.05. The average Bonchev–Trinajstić information content (AvgIpc) is 2.81. The monoisotopic (exact) mass is 374 g/mol. The minimum atomic E-state index is 0. The number of nitrogens with zero attached hydrogens (tertiary/aromatic N) is 1. The third kappa shape index (κ3) is 3.55. The van der Waals surface area contributed by atoms with E-state index < -0.39 is 0 Å². The van der Waals surface area contributed by atoms with Gasteiger partial charge in [0.05, 0.1) is 6.61 Å². The van der Waals surface area contributed by atoms with Gasteiger partial charge < -0.3 is 10.5 Å². The molecule has 118 valence electrons. The van der Waals surface area contributed by atoms with Crippen molar-refractivity contribution in [1.82, 2.24) is 4.90 Å². The lowest BCUT2D eigenvalue weighted by molar-refractivity contribution is 0.0892. The lowest BCUT2D eigenvalue weighted by atomic mass is 9.79. The van der Waals surface area contributed by atoms with Crippen molar-refractivity contribution in [3.05, 3.63) is 27.7 Å². The van der Waals surface area contributed by atoms with Gasteiger partial charge in [-0.3, -0.25) is 4.90 Å². The third-order valence-corrected chi connectivity index (χ3v) is 5.07. The maximum atomic E-state index is 6.22. The molecule has 0 amide bonds. The summed E-state index contributed by atoms with van der Waals surface area (Å²) in [6.07, 6.45) is 2.10. The van der Waals surface area contributed by atoms with Gasteiger partial charge in [-0.15, -0.1) is 12.4 Å². The second kappa shape index (κ2) is 6.45. The van der Waals surface area contributed by atoms with Crippen LogP contribution in [0, 0.1) is 5.41 Å². The van der Waals surface area contributed by atoms with Crippen LogP contribution in [-0.2, 0) is 13.0 Å². The number of halogens is 2. The van der Waals surface area contributed by atoms with Gasteiger partial charge in [0, 0.05) is 42.1 Å². The van der Waals surface area contributed by atoms with Crippen LogP contribution < -0.4 is 10.5 Å². The van der Waals surface area contributed by atoms with Crippen molar-refractivity contribution in [3.8, 4) is 5.75 Å². The molecule has 0 aliphatic carbocycles. The van der Waals surface area contributed by atoms with Crippen LogP contribution in [-0.4, -0.2) is 30.6 Å². The molecule has 2 heterocycles. The Morgan fingerprint density at radius 1 is 1.43 bits per heavy atom. The SMILES string of the molecule is CC1(C)CN(Cc2cc(Br)cc3c2OCC3)CCC1N.Cl. The highest BCUT2D eigenvalue weighted by atomic mass is 79.9. The molecule has 0 aromatic heterocycles. The van der Waals surface area contributed by atoms with Crippen molar-refractivity contribution in [3.63, 3.8) is 0 Å². The normalized spacial score (nSPS) is 24.1. The lowest BCUT2D eigenvalue weighted by Crippen LogP contribution is -2.52. The zero-order valence-corrected chi connectivity index (χ0v) is 15.1. The van der Waals surface area contributed by atoms with Crippen LogP contribution in [0.25, 0.3) is 0 Å². The Balaban J connectivity index is 0.00000161. The number of rotatable bonds is 2. The van der Waals surface area contributed by atoms with Crippen LogP contribution in [0.3, 0.4) is 0 Å². The first-order valence-electron chi connectivity index (χ1n) is 7.38. The number of piperidine rings is 1. The van der Waals surface area contributed by atoms with Crippen molar-refractivity contribution in [1.29, 1.82) is 0 Å². The quantitative estimate of drug-likeness (QED) is 0.861. The van der Waals surface area contributed by atoms with E-state index in [4.69, 9.17) is 10.5 Å². The molecule has 1 fully saturated rings. The molecule has 0 radical (unpaired) electrons. The van der Waals surface area contributed by atoms with Gasteiger partial charge in [-0.1, -0.05) is 29.8 Å². The molecule has 1 atom stereocenters. The molecule has 0 saturated carbocycles. The number of nitrogens with two attached hydrogens (primary N) is 1. The summed E-state index contributed by atoms with van der Waals surface area (Å²) in [6, 6.07) is 4.69. The predicted octanol–water partition coefficient (Wildman–Crippen LogP) is 3.37. The molecule has 2 N–H and O–H groups in total. The number of hydrogen-bond donors (Lipinski definition) is 1. The van der Waals surface area contributed by atoms with E-state index in [9.17, 15) is 0 Å². The smallest absolute Gasteiger partial charge is 0.127 e. The zero-order valence-electron chi connectivity index (χ0n) is 12.7. The summed E-state index contributed by atoms with van der Waals surface area (Å²) in [6.45, 7) is 8.44. The van der Waals surface area contributed by atoms with Crippen LogP contribution >= 0.6 is 28.3 Å². The number of benzene rings is 1. The molecule has 2 aliphatic heterocycles. The molecule has 1 unspecified atom stereocenters. The van der Waals surface area contributed by atoms with E-state index in [1.165, 1.54) is 11.1 Å². The van der Waals surface area contributed by atoms with Gasteiger partial charge in [-0.05, 0) is 29.5 Å². The molecular formula is C16H24BrClN2O. The molecule has 3 rings (SSSR count). The van der Waals surface area contributed by atoms with Gasteiger partial charge in [0.25, 0.3) is 0 Å². The number of likely N-dealkylation sites (tertiary alicyclic amines) is 1. The summed E-state index contributed by atoms with van der Waals surface area (Å²) >= 11 is 3.62. The fraction of sp³-hybridized carbons (Fsp3) is 0.625. The minimum absolute atomic E-state index is 0. The standard InChI is InChI=1S/C16H23BrN2O.ClH/c1-16(2)10-19(5-3-14(16)18)9-12-8-13(17)7-11-4-6-20-15(11)12;/h7-8,14H,3-6,9-10,18H2,1-2H3;1H. The van der Waals surface area contributed by atoms with E-state index >= 15 is 0 Å². The first-order chi connectivity index (χ1) is 9.45. The first-order valence-corrected chi connectivity index (χ1v) is 8.17. The summed E-state index contributed by atoms with van der Waals surface area (Å²) < 4.78 is 6.98. The topological polar surface area (TPSA) is 38.5 Å².